The van der Waals surface area contributed by atoms with Crippen LogP contribution in [0.1, 0.15) is 27.9 Å². The molecule has 190 valence electrons. The Hall–Kier alpha value is -2.92. The van der Waals surface area contributed by atoms with E-state index in [0.29, 0.717) is 25.1 Å². The lowest BCUT2D eigenvalue weighted by molar-refractivity contribution is -0.192. The predicted molar refractivity (Wildman–Crippen MR) is 128 cm³/mol. The molecule has 0 atom stereocenters. The monoisotopic (exact) mass is 557 g/mol. The van der Waals surface area contributed by atoms with Gasteiger partial charge in [-0.1, -0.05) is 45.8 Å². The Labute approximate surface area is 210 Å². The fourth-order valence-electron chi connectivity index (χ4n) is 3.24. The normalized spacial score (nSPS) is 13.5. The molecule has 0 aromatic heterocycles. The van der Waals surface area contributed by atoms with E-state index in [1.165, 1.54) is 5.56 Å². The summed E-state index contributed by atoms with van der Waals surface area (Å²) in [6.07, 6.45) is -4.74. The zero-order chi connectivity index (χ0) is 26.0. The number of carboxylic acid groups (broad SMARTS) is 1. The summed E-state index contributed by atoms with van der Waals surface area (Å²) < 4.78 is 32.7. The van der Waals surface area contributed by atoms with E-state index < -0.39 is 12.1 Å². The van der Waals surface area contributed by atoms with Gasteiger partial charge in [-0.15, -0.1) is 0 Å². The third-order valence-corrected chi connectivity index (χ3v) is 5.71. The maximum Gasteiger partial charge on any atom is 0.490 e. The summed E-state index contributed by atoms with van der Waals surface area (Å²) in [4.78, 5) is 38.2. The third kappa shape index (κ3) is 9.69. The Bertz CT molecular complexity index is 993. The van der Waals surface area contributed by atoms with Crippen LogP contribution in [-0.2, 0) is 16.1 Å². The number of halogens is 4. The number of aryl methyl sites for hydroxylation is 1. The summed E-state index contributed by atoms with van der Waals surface area (Å²) in [5.41, 5.74) is 2.87. The Morgan fingerprint density at radius 1 is 1.03 bits per heavy atom. The van der Waals surface area contributed by atoms with Crippen molar-refractivity contribution in [2.24, 2.45) is 0 Å². The van der Waals surface area contributed by atoms with E-state index in [1.54, 1.807) is 4.90 Å². The van der Waals surface area contributed by atoms with Gasteiger partial charge in [-0.25, -0.2) is 4.79 Å². The lowest BCUT2D eigenvalue weighted by Crippen LogP contribution is -2.47. The highest BCUT2D eigenvalue weighted by Gasteiger charge is 2.38. The van der Waals surface area contributed by atoms with Gasteiger partial charge in [0.05, 0.1) is 0 Å². The molecule has 0 unspecified atom stereocenters. The van der Waals surface area contributed by atoms with Gasteiger partial charge in [-0.2, -0.15) is 13.2 Å². The van der Waals surface area contributed by atoms with Gasteiger partial charge in [-0.3, -0.25) is 9.59 Å². The molecule has 2 amide bonds. The SMILES string of the molecule is Cc1ccc(CN(CCC(=O)N2CCNCC2)C(=O)c2ccc(Br)cc2)cc1.O=C(O)C(F)(F)F. The minimum atomic E-state index is -5.08. The smallest absolute Gasteiger partial charge is 0.475 e. The van der Waals surface area contributed by atoms with Crippen molar-refractivity contribution in [1.29, 1.82) is 0 Å². The first kappa shape index (κ1) is 28.3. The van der Waals surface area contributed by atoms with Crippen LogP contribution in [0.3, 0.4) is 0 Å². The summed E-state index contributed by atoms with van der Waals surface area (Å²) >= 11 is 3.41. The Kier molecular flexibility index (Phi) is 10.7. The van der Waals surface area contributed by atoms with Crippen LogP contribution < -0.4 is 5.32 Å². The van der Waals surface area contributed by atoms with Crippen molar-refractivity contribution in [2.45, 2.75) is 26.1 Å². The van der Waals surface area contributed by atoms with E-state index in [2.05, 4.69) is 21.2 Å². The number of rotatable bonds is 6. The van der Waals surface area contributed by atoms with Gasteiger partial charge >= 0.3 is 12.1 Å². The molecule has 2 aromatic carbocycles. The minimum Gasteiger partial charge on any atom is -0.475 e. The van der Waals surface area contributed by atoms with E-state index in [4.69, 9.17) is 9.90 Å². The largest absolute Gasteiger partial charge is 0.490 e. The zero-order valence-electron chi connectivity index (χ0n) is 19.1. The molecule has 7 nitrogen and oxygen atoms in total. The number of piperazine rings is 1. The van der Waals surface area contributed by atoms with Crippen molar-refractivity contribution in [3.8, 4) is 0 Å². The number of amides is 2. The molecule has 1 heterocycles. The average Bonchev–Trinajstić information content (AvgIpc) is 2.83. The molecule has 1 aliphatic heterocycles. The van der Waals surface area contributed by atoms with Crippen LogP contribution >= 0.6 is 15.9 Å². The van der Waals surface area contributed by atoms with Gasteiger partial charge in [-0.05, 0) is 36.8 Å². The fourth-order valence-corrected chi connectivity index (χ4v) is 3.51. The first-order valence-corrected chi connectivity index (χ1v) is 11.7. The quantitative estimate of drug-likeness (QED) is 0.563. The molecular formula is C24H27BrF3N3O4. The minimum absolute atomic E-state index is 0.0545. The van der Waals surface area contributed by atoms with Gasteiger partial charge in [0.15, 0.2) is 0 Å². The molecule has 0 bridgehead atoms. The van der Waals surface area contributed by atoms with Crippen molar-refractivity contribution < 1.29 is 32.7 Å². The molecule has 3 rings (SSSR count). The highest BCUT2D eigenvalue weighted by Crippen LogP contribution is 2.16. The second kappa shape index (κ2) is 13.2. The van der Waals surface area contributed by atoms with Gasteiger partial charge in [0.1, 0.15) is 0 Å². The first-order valence-electron chi connectivity index (χ1n) is 10.9. The van der Waals surface area contributed by atoms with E-state index in [0.717, 1.165) is 36.2 Å². The molecule has 2 aromatic rings. The molecule has 11 heteroatoms. The molecule has 1 saturated heterocycles. The number of nitrogens with zero attached hydrogens (tertiary/aromatic N) is 2. The summed E-state index contributed by atoms with van der Waals surface area (Å²) in [7, 11) is 0. The average molecular weight is 558 g/mol. The number of benzene rings is 2. The van der Waals surface area contributed by atoms with E-state index in [-0.39, 0.29) is 11.8 Å². The molecule has 0 spiro atoms. The Balaban J connectivity index is 0.000000540. The van der Waals surface area contributed by atoms with Crippen molar-refractivity contribution in [1.82, 2.24) is 15.1 Å². The van der Waals surface area contributed by atoms with Crippen LogP contribution in [0.15, 0.2) is 53.0 Å². The fraction of sp³-hybridized carbons (Fsp3) is 0.375. The van der Waals surface area contributed by atoms with E-state index in [1.807, 2.05) is 60.4 Å². The van der Waals surface area contributed by atoms with Crippen LogP contribution in [-0.4, -0.2) is 71.6 Å². The number of carbonyl (C=O) groups excluding carboxylic acids is 2. The predicted octanol–water partition coefficient (Wildman–Crippen LogP) is 3.86. The van der Waals surface area contributed by atoms with Crippen LogP contribution in [0, 0.1) is 6.92 Å². The summed E-state index contributed by atoms with van der Waals surface area (Å²) in [5.74, 6) is -2.70. The van der Waals surface area contributed by atoms with Gasteiger partial charge < -0.3 is 20.2 Å². The number of hydrogen-bond acceptors (Lipinski definition) is 4. The van der Waals surface area contributed by atoms with E-state index in [9.17, 15) is 22.8 Å². The molecule has 2 N–H and O–H groups in total. The summed E-state index contributed by atoms with van der Waals surface area (Å²) in [5, 5.41) is 10.4. The summed E-state index contributed by atoms with van der Waals surface area (Å²) in [6, 6.07) is 15.5. The lowest BCUT2D eigenvalue weighted by Gasteiger charge is -2.29. The van der Waals surface area contributed by atoms with E-state index >= 15 is 0 Å². The van der Waals surface area contributed by atoms with Gasteiger partial charge in [0.25, 0.3) is 5.91 Å². The zero-order valence-corrected chi connectivity index (χ0v) is 20.7. The number of nitrogens with one attached hydrogen (secondary N) is 1. The molecule has 0 saturated carbocycles. The number of hydrogen-bond donors (Lipinski definition) is 2. The van der Waals surface area contributed by atoms with Crippen molar-refractivity contribution in [3.63, 3.8) is 0 Å². The Morgan fingerprint density at radius 3 is 2.09 bits per heavy atom. The molecule has 0 aliphatic carbocycles. The standard InChI is InChI=1S/C22H26BrN3O2.C2HF3O2/c1-17-2-4-18(5-3-17)16-26(22(28)19-6-8-20(23)9-7-19)13-10-21(27)25-14-11-24-12-15-25;3-2(4,5)1(6)7/h2-9,24H,10-16H2,1H3;(H,6,7). The first-order chi connectivity index (χ1) is 16.5. The lowest BCUT2D eigenvalue weighted by atomic mass is 10.1. The van der Waals surface area contributed by atoms with Crippen molar-refractivity contribution >= 4 is 33.7 Å². The van der Waals surface area contributed by atoms with Crippen LogP contribution in [0.5, 0.6) is 0 Å². The third-order valence-electron chi connectivity index (χ3n) is 5.18. The second-order valence-electron chi connectivity index (χ2n) is 7.90. The number of alkyl halides is 3. The van der Waals surface area contributed by atoms with Gasteiger partial charge in [0, 0.05) is 55.7 Å². The number of carbonyl (C=O) groups is 3. The maximum absolute atomic E-state index is 13.1. The number of aliphatic carboxylic acids is 1. The molecule has 1 aliphatic rings. The molecular weight excluding hydrogens is 531 g/mol. The maximum atomic E-state index is 13.1. The van der Waals surface area contributed by atoms with Crippen LogP contribution in [0.25, 0.3) is 0 Å². The molecule has 0 radical (unpaired) electrons. The Morgan fingerprint density at radius 2 is 1.57 bits per heavy atom. The topological polar surface area (TPSA) is 90.0 Å². The second-order valence-corrected chi connectivity index (χ2v) is 8.82. The van der Waals surface area contributed by atoms with Crippen molar-refractivity contribution in [3.05, 3.63) is 69.7 Å². The molecule has 1 fully saturated rings. The summed E-state index contributed by atoms with van der Waals surface area (Å²) in [6.45, 7) is 6.07. The van der Waals surface area contributed by atoms with Crippen molar-refractivity contribution in [2.75, 3.05) is 32.7 Å². The molecule has 35 heavy (non-hydrogen) atoms. The highest BCUT2D eigenvalue weighted by molar-refractivity contribution is 9.10. The van der Waals surface area contributed by atoms with Crippen LogP contribution in [0.2, 0.25) is 0 Å². The highest BCUT2D eigenvalue weighted by atomic mass is 79.9. The number of carboxylic acids is 1. The van der Waals surface area contributed by atoms with Gasteiger partial charge in [0.2, 0.25) is 5.91 Å². The van der Waals surface area contributed by atoms with Crippen LogP contribution in [0.4, 0.5) is 13.2 Å².